The highest BCUT2D eigenvalue weighted by molar-refractivity contribution is 6.30. The Morgan fingerprint density at radius 2 is 1.47 bits per heavy atom. The summed E-state index contributed by atoms with van der Waals surface area (Å²) in [4.78, 5) is 31.9. The minimum absolute atomic E-state index is 0.558. The van der Waals surface area contributed by atoms with Gasteiger partial charge in [-0.1, -0.05) is 48.4 Å². The first-order chi connectivity index (χ1) is 17.3. The van der Waals surface area contributed by atoms with Crippen LogP contribution in [0.15, 0.2) is 66.8 Å². The molecule has 0 aromatic heterocycles. The van der Waals surface area contributed by atoms with Gasteiger partial charge in [-0.3, -0.25) is 0 Å². The van der Waals surface area contributed by atoms with Gasteiger partial charge in [-0.05, 0) is 61.6 Å². The number of nitrogens with one attached hydrogen (secondary N) is 1. The molecule has 4 N–H and O–H groups in total. The van der Waals surface area contributed by atoms with Crippen LogP contribution in [0.3, 0.4) is 0 Å². The molecule has 0 fully saturated rings. The molecule has 192 valence electrons. The SMILES string of the molecule is O=C(O)/C=C/CNCCCCCN1c2ccccc2CCc2ccc(Cl)cc21.O=C(O)/C=C\C(=O)O. The van der Waals surface area contributed by atoms with Gasteiger partial charge in [0.1, 0.15) is 0 Å². The zero-order chi connectivity index (χ0) is 26.3. The molecule has 1 heterocycles. The number of fused-ring (bicyclic) bond motifs is 2. The summed E-state index contributed by atoms with van der Waals surface area (Å²) in [6.07, 6.45) is 9.28. The lowest BCUT2D eigenvalue weighted by atomic mass is 10.0. The molecule has 0 atom stereocenters. The third-order valence-electron chi connectivity index (χ3n) is 5.41. The topological polar surface area (TPSA) is 127 Å². The van der Waals surface area contributed by atoms with Crippen molar-refractivity contribution in [3.8, 4) is 0 Å². The number of rotatable bonds is 11. The molecule has 0 bridgehead atoms. The first kappa shape index (κ1) is 28.6. The highest BCUT2D eigenvalue weighted by atomic mass is 35.5. The second-order valence-electron chi connectivity index (χ2n) is 8.07. The van der Waals surface area contributed by atoms with Gasteiger partial charge < -0.3 is 25.5 Å². The first-order valence-corrected chi connectivity index (χ1v) is 12.0. The number of benzene rings is 2. The number of para-hydroxylation sites is 1. The minimum Gasteiger partial charge on any atom is -0.478 e. The molecule has 0 aliphatic carbocycles. The smallest absolute Gasteiger partial charge is 0.328 e. The summed E-state index contributed by atoms with van der Waals surface area (Å²) in [6.45, 7) is 2.45. The Hall–Kier alpha value is -3.62. The van der Waals surface area contributed by atoms with E-state index in [1.807, 2.05) is 6.07 Å². The Kier molecular flexibility index (Phi) is 12.2. The molecule has 0 saturated heterocycles. The van der Waals surface area contributed by atoms with Crippen LogP contribution in [0.4, 0.5) is 11.4 Å². The van der Waals surface area contributed by atoms with Crippen LogP contribution in [0.1, 0.15) is 30.4 Å². The monoisotopic (exact) mass is 514 g/mol. The van der Waals surface area contributed by atoms with E-state index in [-0.39, 0.29) is 0 Å². The molecule has 3 rings (SSSR count). The number of unbranched alkanes of at least 4 members (excludes halogenated alkanes) is 2. The zero-order valence-corrected chi connectivity index (χ0v) is 20.7. The lowest BCUT2D eigenvalue weighted by Crippen LogP contribution is -2.20. The van der Waals surface area contributed by atoms with Gasteiger partial charge in [-0.25, -0.2) is 14.4 Å². The molecule has 0 amide bonds. The molecular weight excluding hydrogens is 484 g/mol. The first-order valence-electron chi connectivity index (χ1n) is 11.7. The van der Waals surface area contributed by atoms with E-state index in [1.165, 1.54) is 28.6 Å². The number of hydrogen-bond acceptors (Lipinski definition) is 5. The summed E-state index contributed by atoms with van der Waals surface area (Å²) >= 11 is 6.31. The maximum absolute atomic E-state index is 10.4. The maximum Gasteiger partial charge on any atom is 0.328 e. The summed E-state index contributed by atoms with van der Waals surface area (Å²) in [5.41, 5.74) is 5.27. The van der Waals surface area contributed by atoms with E-state index in [0.29, 0.717) is 18.7 Å². The quantitative estimate of drug-likeness (QED) is 0.251. The minimum atomic E-state index is -1.26. The van der Waals surface area contributed by atoms with Crippen LogP contribution >= 0.6 is 11.6 Å². The number of nitrogens with zero attached hydrogens (tertiary/aromatic N) is 1. The maximum atomic E-state index is 10.4. The number of anilines is 2. The number of carboxylic acids is 3. The Labute approximate surface area is 215 Å². The standard InChI is InChI=1S/C23H27ClN2O2.C4H4O4/c24-20-13-12-19-11-10-18-7-2-3-8-21(18)26(22(19)17-20)16-5-1-4-14-25-15-6-9-23(27)28;5-3(6)1-2-4(7)8/h2-3,6-9,12-13,17,25H,1,4-5,10-11,14-16H2,(H,27,28);1-2H,(H,5,6)(H,7,8)/b9-6+;2-1-. The van der Waals surface area contributed by atoms with Crippen molar-refractivity contribution >= 4 is 40.9 Å². The Bertz CT molecular complexity index is 1080. The molecule has 0 radical (unpaired) electrons. The largest absolute Gasteiger partial charge is 0.478 e. The average Bonchev–Trinajstić information content (AvgIpc) is 2.98. The third-order valence-corrected chi connectivity index (χ3v) is 5.65. The van der Waals surface area contributed by atoms with Crippen molar-refractivity contribution in [1.82, 2.24) is 5.32 Å². The molecule has 0 spiro atoms. The van der Waals surface area contributed by atoms with Crippen molar-refractivity contribution < 1.29 is 29.7 Å². The van der Waals surface area contributed by atoms with E-state index >= 15 is 0 Å². The fourth-order valence-electron chi connectivity index (χ4n) is 3.81. The van der Waals surface area contributed by atoms with E-state index in [4.69, 9.17) is 26.9 Å². The number of carbonyl (C=O) groups is 3. The number of aryl methyl sites for hydroxylation is 2. The third kappa shape index (κ3) is 10.3. The summed E-state index contributed by atoms with van der Waals surface area (Å²) in [7, 11) is 0. The Morgan fingerprint density at radius 3 is 2.14 bits per heavy atom. The fourth-order valence-corrected chi connectivity index (χ4v) is 3.98. The molecule has 0 saturated carbocycles. The number of carboxylic acid groups (broad SMARTS) is 3. The summed E-state index contributed by atoms with van der Waals surface area (Å²) in [6, 6.07) is 14.9. The van der Waals surface area contributed by atoms with E-state index in [1.54, 1.807) is 6.08 Å². The molecule has 2 aromatic carbocycles. The Balaban J connectivity index is 0.000000493. The van der Waals surface area contributed by atoms with Crippen LogP contribution < -0.4 is 10.2 Å². The van der Waals surface area contributed by atoms with Crippen LogP contribution in [-0.2, 0) is 27.2 Å². The predicted molar refractivity (Wildman–Crippen MR) is 140 cm³/mol. The molecule has 0 unspecified atom stereocenters. The van der Waals surface area contributed by atoms with Crippen LogP contribution in [0.5, 0.6) is 0 Å². The number of aliphatic carboxylic acids is 3. The molecule has 1 aliphatic heterocycles. The Morgan fingerprint density at radius 1 is 0.833 bits per heavy atom. The van der Waals surface area contributed by atoms with Crippen molar-refractivity contribution in [1.29, 1.82) is 0 Å². The summed E-state index contributed by atoms with van der Waals surface area (Å²) < 4.78 is 0. The van der Waals surface area contributed by atoms with Gasteiger partial charge in [-0.2, -0.15) is 0 Å². The molecule has 9 heteroatoms. The van der Waals surface area contributed by atoms with Crippen LogP contribution in [0, 0.1) is 0 Å². The van der Waals surface area contributed by atoms with Gasteiger partial charge in [0.25, 0.3) is 0 Å². The van der Waals surface area contributed by atoms with Gasteiger partial charge >= 0.3 is 17.9 Å². The number of halogens is 1. The van der Waals surface area contributed by atoms with E-state index in [2.05, 4.69) is 46.6 Å². The van der Waals surface area contributed by atoms with Crippen molar-refractivity contribution in [3.05, 3.63) is 82.9 Å². The second kappa shape index (κ2) is 15.4. The van der Waals surface area contributed by atoms with Crippen molar-refractivity contribution in [2.45, 2.75) is 32.1 Å². The van der Waals surface area contributed by atoms with Gasteiger partial charge in [0, 0.05) is 47.7 Å². The van der Waals surface area contributed by atoms with Gasteiger partial charge in [0.15, 0.2) is 0 Å². The predicted octanol–water partition coefficient (Wildman–Crippen LogP) is 4.69. The fraction of sp³-hybridized carbons (Fsp3) is 0.296. The van der Waals surface area contributed by atoms with Crippen LogP contribution in [0.2, 0.25) is 5.02 Å². The molecule has 1 aliphatic rings. The van der Waals surface area contributed by atoms with Gasteiger partial charge in [0.2, 0.25) is 0 Å². The lowest BCUT2D eigenvalue weighted by Gasteiger charge is -2.27. The van der Waals surface area contributed by atoms with Gasteiger partial charge in [0.05, 0.1) is 0 Å². The lowest BCUT2D eigenvalue weighted by molar-refractivity contribution is -0.134. The van der Waals surface area contributed by atoms with E-state index in [0.717, 1.165) is 50.2 Å². The van der Waals surface area contributed by atoms with Crippen molar-refractivity contribution in [3.63, 3.8) is 0 Å². The van der Waals surface area contributed by atoms with Crippen LogP contribution in [0.25, 0.3) is 0 Å². The average molecular weight is 515 g/mol. The summed E-state index contributed by atoms with van der Waals surface area (Å²) in [5, 5.41) is 28.2. The molecule has 36 heavy (non-hydrogen) atoms. The van der Waals surface area contributed by atoms with Crippen molar-refractivity contribution in [2.75, 3.05) is 24.5 Å². The summed E-state index contributed by atoms with van der Waals surface area (Å²) in [5.74, 6) is -3.42. The van der Waals surface area contributed by atoms with Crippen molar-refractivity contribution in [2.24, 2.45) is 0 Å². The van der Waals surface area contributed by atoms with E-state index in [9.17, 15) is 14.4 Å². The normalized spacial score (nSPS) is 12.4. The second-order valence-corrected chi connectivity index (χ2v) is 8.51. The molecule has 2 aromatic rings. The zero-order valence-electron chi connectivity index (χ0n) is 19.9. The highest BCUT2D eigenvalue weighted by Crippen LogP contribution is 2.37. The highest BCUT2D eigenvalue weighted by Gasteiger charge is 2.20. The van der Waals surface area contributed by atoms with Gasteiger partial charge in [-0.15, -0.1) is 0 Å². The molecular formula is C27H31ClN2O6. The number of hydrogen-bond donors (Lipinski definition) is 4. The van der Waals surface area contributed by atoms with E-state index < -0.39 is 17.9 Å². The molecule has 8 nitrogen and oxygen atoms in total. The van der Waals surface area contributed by atoms with Crippen LogP contribution in [-0.4, -0.2) is 52.9 Å².